The number of amides is 1. The summed E-state index contributed by atoms with van der Waals surface area (Å²) in [4.78, 5) is 12.1. The fourth-order valence-corrected chi connectivity index (χ4v) is 3.85. The van der Waals surface area contributed by atoms with Crippen molar-refractivity contribution >= 4 is 73.7 Å². The number of hydrogen-bond donors (Lipinski definition) is 1. The fraction of sp³-hybridized carbons (Fsp3) is 0.417. The van der Waals surface area contributed by atoms with E-state index in [0.29, 0.717) is 18.5 Å². The van der Waals surface area contributed by atoms with Gasteiger partial charge in [0, 0.05) is 37.9 Å². The minimum absolute atomic E-state index is 0.0632. The van der Waals surface area contributed by atoms with Gasteiger partial charge in [0.05, 0.1) is 5.56 Å². The number of ether oxygens (including phenoxy) is 2. The Kier molecular flexibility index (Phi) is 8.41. The molecule has 0 bridgehead atoms. The van der Waals surface area contributed by atoms with Crippen LogP contribution in [-0.2, 0) is 9.47 Å². The minimum Gasteiger partial charge on any atom is -0.356 e. The molecular formula is C12H14I3NO3. The molecule has 1 rings (SSSR count). The van der Waals surface area contributed by atoms with Crippen molar-refractivity contribution in [1.82, 2.24) is 5.32 Å². The van der Waals surface area contributed by atoms with Crippen LogP contribution in [0.2, 0.25) is 0 Å². The van der Waals surface area contributed by atoms with Crippen LogP contribution >= 0.6 is 67.8 Å². The average molecular weight is 601 g/mol. The molecular weight excluding hydrogens is 587 g/mol. The number of rotatable bonds is 6. The SMILES string of the molecule is COC(CCNC(=O)c1cc(I)cc(I)c1I)OC. The van der Waals surface area contributed by atoms with Gasteiger partial charge in [0.25, 0.3) is 5.91 Å². The lowest BCUT2D eigenvalue weighted by Crippen LogP contribution is -2.29. The summed E-state index contributed by atoms with van der Waals surface area (Å²) in [7, 11) is 3.17. The number of halogens is 3. The lowest BCUT2D eigenvalue weighted by molar-refractivity contribution is -0.105. The Morgan fingerprint density at radius 1 is 1.26 bits per heavy atom. The molecule has 0 heterocycles. The third-order valence-corrected chi connectivity index (χ3v) is 6.10. The van der Waals surface area contributed by atoms with Crippen LogP contribution in [-0.4, -0.2) is 33.0 Å². The standard InChI is InChI=1S/C12H14I3NO3/c1-18-10(19-2)3-4-16-12(17)8-5-7(13)6-9(14)11(8)15/h5-6,10H,3-4H2,1-2H3,(H,16,17). The lowest BCUT2D eigenvalue weighted by Gasteiger charge is -2.14. The highest BCUT2D eigenvalue weighted by Crippen LogP contribution is 2.22. The van der Waals surface area contributed by atoms with Crippen LogP contribution in [0.3, 0.4) is 0 Å². The fourth-order valence-electron chi connectivity index (χ4n) is 1.45. The molecule has 0 atom stereocenters. The Labute approximate surface area is 153 Å². The van der Waals surface area contributed by atoms with Crippen LogP contribution in [0.15, 0.2) is 12.1 Å². The van der Waals surface area contributed by atoms with Gasteiger partial charge in [-0.25, -0.2) is 0 Å². The second-order valence-corrected chi connectivity index (χ2v) is 7.18. The van der Waals surface area contributed by atoms with E-state index in [1.165, 1.54) is 0 Å². The first-order valence-corrected chi connectivity index (χ1v) is 8.71. The van der Waals surface area contributed by atoms with Gasteiger partial charge in [-0.1, -0.05) is 0 Å². The summed E-state index contributed by atoms with van der Waals surface area (Å²) < 4.78 is 13.3. The van der Waals surface area contributed by atoms with Gasteiger partial charge in [-0.05, 0) is 79.9 Å². The zero-order valence-corrected chi connectivity index (χ0v) is 17.0. The molecule has 1 aromatic rings. The highest BCUT2D eigenvalue weighted by atomic mass is 127. The second-order valence-electron chi connectivity index (χ2n) is 3.69. The van der Waals surface area contributed by atoms with Crippen molar-refractivity contribution in [2.24, 2.45) is 0 Å². The quantitative estimate of drug-likeness (QED) is 0.310. The zero-order chi connectivity index (χ0) is 14.4. The van der Waals surface area contributed by atoms with Crippen LogP contribution in [0.4, 0.5) is 0 Å². The normalized spacial score (nSPS) is 10.8. The largest absolute Gasteiger partial charge is 0.356 e. The molecule has 4 nitrogen and oxygen atoms in total. The first-order chi connectivity index (χ1) is 8.99. The van der Waals surface area contributed by atoms with Gasteiger partial charge in [-0.15, -0.1) is 0 Å². The maximum atomic E-state index is 12.1. The van der Waals surface area contributed by atoms with Gasteiger partial charge in [0.1, 0.15) is 0 Å². The molecule has 0 fully saturated rings. The first kappa shape index (κ1) is 17.9. The van der Waals surface area contributed by atoms with Crippen LogP contribution < -0.4 is 5.32 Å². The van der Waals surface area contributed by atoms with E-state index in [2.05, 4.69) is 73.1 Å². The third kappa shape index (κ3) is 5.59. The number of benzene rings is 1. The maximum Gasteiger partial charge on any atom is 0.252 e. The molecule has 1 aromatic carbocycles. The van der Waals surface area contributed by atoms with Gasteiger partial charge >= 0.3 is 0 Å². The van der Waals surface area contributed by atoms with Crippen LogP contribution in [0.5, 0.6) is 0 Å². The summed E-state index contributed by atoms with van der Waals surface area (Å²) in [6.45, 7) is 0.517. The molecule has 0 saturated carbocycles. The zero-order valence-electron chi connectivity index (χ0n) is 10.5. The smallest absolute Gasteiger partial charge is 0.252 e. The monoisotopic (exact) mass is 601 g/mol. The summed E-state index contributed by atoms with van der Waals surface area (Å²) in [5.41, 5.74) is 0.711. The average Bonchev–Trinajstić information content (AvgIpc) is 2.38. The number of methoxy groups -OCH3 is 2. The van der Waals surface area contributed by atoms with Crippen molar-refractivity contribution < 1.29 is 14.3 Å². The first-order valence-electron chi connectivity index (χ1n) is 5.48. The molecule has 1 N–H and O–H groups in total. The molecule has 1 amide bonds. The maximum absolute atomic E-state index is 12.1. The number of hydrogen-bond acceptors (Lipinski definition) is 3. The van der Waals surface area contributed by atoms with Crippen molar-refractivity contribution in [1.29, 1.82) is 0 Å². The van der Waals surface area contributed by atoms with Crippen molar-refractivity contribution in [3.05, 3.63) is 28.4 Å². The van der Waals surface area contributed by atoms with E-state index in [0.717, 1.165) is 10.7 Å². The molecule has 0 aliphatic carbocycles. The van der Waals surface area contributed by atoms with Crippen molar-refractivity contribution in [2.75, 3.05) is 20.8 Å². The Balaban J connectivity index is 2.64. The topological polar surface area (TPSA) is 47.6 Å². The summed E-state index contributed by atoms with van der Waals surface area (Å²) in [5, 5.41) is 2.88. The molecule has 0 spiro atoms. The van der Waals surface area contributed by atoms with E-state index in [4.69, 9.17) is 9.47 Å². The molecule has 0 radical (unpaired) electrons. The van der Waals surface area contributed by atoms with Crippen LogP contribution in [0.25, 0.3) is 0 Å². The third-order valence-electron chi connectivity index (χ3n) is 2.43. The van der Waals surface area contributed by atoms with Gasteiger partial charge in [0.2, 0.25) is 0 Å². The highest BCUT2D eigenvalue weighted by Gasteiger charge is 2.14. The Hall–Kier alpha value is 0.800. The number of carbonyl (C=O) groups excluding carboxylic acids is 1. The molecule has 0 aromatic heterocycles. The molecule has 0 saturated heterocycles. The summed E-state index contributed by atoms with van der Waals surface area (Å²) in [6, 6.07) is 3.94. The van der Waals surface area contributed by atoms with Gasteiger partial charge < -0.3 is 14.8 Å². The highest BCUT2D eigenvalue weighted by molar-refractivity contribution is 14.1. The van der Waals surface area contributed by atoms with Crippen LogP contribution in [0.1, 0.15) is 16.8 Å². The Bertz CT molecular complexity index is 450. The Morgan fingerprint density at radius 2 is 1.89 bits per heavy atom. The van der Waals surface area contributed by atoms with Gasteiger partial charge in [-0.3, -0.25) is 4.79 Å². The number of nitrogens with one attached hydrogen (secondary N) is 1. The minimum atomic E-state index is -0.282. The summed E-state index contributed by atoms with van der Waals surface area (Å²) >= 11 is 6.65. The van der Waals surface area contributed by atoms with Crippen molar-refractivity contribution in [3.63, 3.8) is 0 Å². The van der Waals surface area contributed by atoms with Gasteiger partial charge in [-0.2, -0.15) is 0 Å². The molecule has 0 unspecified atom stereocenters. The predicted octanol–water partition coefficient (Wildman–Crippen LogP) is 3.24. The lowest BCUT2D eigenvalue weighted by atomic mass is 10.2. The van der Waals surface area contributed by atoms with Crippen molar-refractivity contribution in [3.8, 4) is 0 Å². The molecule has 106 valence electrons. The Morgan fingerprint density at radius 3 is 2.47 bits per heavy atom. The van der Waals surface area contributed by atoms with E-state index in [-0.39, 0.29) is 12.2 Å². The summed E-state index contributed by atoms with van der Waals surface area (Å²) in [5.74, 6) is -0.0632. The van der Waals surface area contributed by atoms with Crippen LogP contribution in [0, 0.1) is 10.7 Å². The predicted molar refractivity (Wildman–Crippen MR) is 99.3 cm³/mol. The van der Waals surface area contributed by atoms with Gasteiger partial charge in [0.15, 0.2) is 6.29 Å². The second kappa shape index (κ2) is 8.95. The molecule has 19 heavy (non-hydrogen) atoms. The summed E-state index contributed by atoms with van der Waals surface area (Å²) in [6.07, 6.45) is 0.339. The van der Waals surface area contributed by atoms with E-state index in [1.54, 1.807) is 14.2 Å². The van der Waals surface area contributed by atoms with E-state index in [9.17, 15) is 4.79 Å². The van der Waals surface area contributed by atoms with E-state index >= 15 is 0 Å². The molecule has 0 aliphatic heterocycles. The number of carbonyl (C=O) groups is 1. The van der Waals surface area contributed by atoms with E-state index < -0.39 is 0 Å². The molecule has 7 heteroatoms. The van der Waals surface area contributed by atoms with Crippen molar-refractivity contribution in [2.45, 2.75) is 12.7 Å². The molecule has 0 aliphatic rings. The van der Waals surface area contributed by atoms with E-state index in [1.807, 2.05) is 12.1 Å².